The Hall–Kier alpha value is -5.21. The Balaban J connectivity index is 0. The van der Waals surface area contributed by atoms with E-state index >= 15 is 0 Å². The second kappa shape index (κ2) is 42.1. The molecule has 3 rings (SSSR count). The Bertz CT molecular complexity index is 1640. The number of ether oxygens (including phenoxy) is 10. The van der Waals surface area contributed by atoms with Crippen LogP contribution in [0.1, 0.15) is 193 Å². The number of allylic oxidation sites excluding steroid dienone is 4. The van der Waals surface area contributed by atoms with E-state index in [-0.39, 0.29) is 77.2 Å². The molecule has 0 aromatic rings. The van der Waals surface area contributed by atoms with Crippen LogP contribution in [0, 0.1) is 0 Å². The molecule has 3 aliphatic heterocycles. The van der Waals surface area contributed by atoms with Crippen molar-refractivity contribution < 1.29 is 81.9 Å². The number of carbonyl (C=O) groups excluding carboxylic acids is 4. The maximum atomic E-state index is 10.9. The van der Waals surface area contributed by atoms with Crippen molar-refractivity contribution in [2.24, 2.45) is 0 Å². The number of hydrogen-bond donors (Lipinski definition) is 0. The summed E-state index contributed by atoms with van der Waals surface area (Å²) >= 11 is 0. The van der Waals surface area contributed by atoms with Crippen molar-refractivity contribution >= 4 is 41.2 Å². The quantitative estimate of drug-likeness (QED) is 0.0273. The van der Waals surface area contributed by atoms with Gasteiger partial charge in [-0.25, -0.2) is 0 Å². The molecule has 3 unspecified atom stereocenters. The summed E-state index contributed by atoms with van der Waals surface area (Å²) in [6, 6.07) is 0. The predicted octanol–water partition coefficient (Wildman–Crippen LogP) is 8.69. The molecule has 18 heteroatoms. The number of carboxylic acids is 3. The van der Waals surface area contributed by atoms with Crippen LogP contribution in [0.25, 0.3) is 0 Å². The van der Waals surface area contributed by atoms with Crippen LogP contribution in [-0.2, 0) is 66.5 Å². The molecule has 0 saturated carbocycles. The molecule has 74 heavy (non-hydrogen) atoms. The zero-order valence-electron chi connectivity index (χ0n) is 46.9. The van der Waals surface area contributed by atoms with Gasteiger partial charge in [0.15, 0.2) is 52.9 Å². The maximum absolute atomic E-state index is 10.9. The Morgan fingerprint density at radius 1 is 0.459 bits per heavy atom. The van der Waals surface area contributed by atoms with Crippen molar-refractivity contribution in [3.8, 4) is 0 Å². The number of aliphatic carboxylic acids is 3. The van der Waals surface area contributed by atoms with E-state index in [9.17, 15) is 34.5 Å². The first-order valence-electron chi connectivity index (χ1n) is 26.1. The van der Waals surface area contributed by atoms with Gasteiger partial charge in [0.05, 0.1) is 79.6 Å². The van der Waals surface area contributed by atoms with Crippen LogP contribution in [0.3, 0.4) is 0 Å². The van der Waals surface area contributed by atoms with E-state index in [0.717, 1.165) is 6.42 Å². The smallest absolute Gasteiger partial charge is 0.546 e. The summed E-state index contributed by atoms with van der Waals surface area (Å²) in [4.78, 5) is 43.3. The molecule has 0 amide bonds. The normalized spacial score (nSPS) is 16.8. The number of rotatable bonds is 31. The first-order chi connectivity index (χ1) is 34.5. The molecule has 0 aromatic carbocycles. The van der Waals surface area contributed by atoms with Gasteiger partial charge >= 0.3 is 23.3 Å². The largest absolute Gasteiger partial charge is 3.00 e. The van der Waals surface area contributed by atoms with E-state index in [4.69, 9.17) is 47.4 Å². The zero-order chi connectivity index (χ0) is 55.3. The SMILES string of the molecule is CC(C)OC1=C(OC(C)C)C(C(=O)[O-])OC=C1.CC(C)OC1=C(OC(C)C)C(C(=O)[O-])OC=C1.CC(C)OC1=C(OC(C)C)C(C(=O)[O-])OC=C1.CCCCCCCCCCCCCCCCC=COC(C)=O.[Al+3]. The Kier molecular flexibility index (Phi) is 40.3. The molecule has 0 fully saturated rings. The van der Waals surface area contributed by atoms with Gasteiger partial charge in [-0.15, -0.1) is 0 Å². The third kappa shape index (κ3) is 34.3. The van der Waals surface area contributed by atoms with Gasteiger partial charge in [-0.1, -0.05) is 90.4 Å². The van der Waals surface area contributed by atoms with Crippen LogP contribution in [-0.4, -0.2) is 96.2 Å². The van der Waals surface area contributed by atoms with Gasteiger partial charge in [0.1, 0.15) is 0 Å². The summed E-state index contributed by atoms with van der Waals surface area (Å²) < 4.78 is 52.4. The molecule has 3 heterocycles. The van der Waals surface area contributed by atoms with Crippen LogP contribution < -0.4 is 15.3 Å². The molecule has 3 aliphatic rings. The van der Waals surface area contributed by atoms with Gasteiger partial charge in [0.25, 0.3) is 0 Å². The average molecular weight is 1060 g/mol. The average Bonchev–Trinajstić information content (AvgIpc) is 3.28. The minimum absolute atomic E-state index is 0. The minimum Gasteiger partial charge on any atom is -0.546 e. The van der Waals surface area contributed by atoms with Gasteiger partial charge in [-0.2, -0.15) is 0 Å². The number of hydrogen-bond acceptors (Lipinski definition) is 17. The van der Waals surface area contributed by atoms with Crippen molar-refractivity contribution in [2.75, 3.05) is 0 Å². The number of carboxylic acid groups (broad SMARTS) is 3. The molecule has 3 atom stereocenters. The van der Waals surface area contributed by atoms with Crippen molar-refractivity contribution in [2.45, 2.75) is 248 Å². The Morgan fingerprint density at radius 2 is 0.716 bits per heavy atom. The van der Waals surface area contributed by atoms with Crippen molar-refractivity contribution in [1.82, 2.24) is 0 Å². The summed E-state index contributed by atoms with van der Waals surface area (Å²) in [5, 5.41) is 32.8. The van der Waals surface area contributed by atoms with Crippen molar-refractivity contribution in [3.05, 3.63) is 83.9 Å². The van der Waals surface area contributed by atoms with Crippen molar-refractivity contribution in [1.29, 1.82) is 0 Å². The van der Waals surface area contributed by atoms with Gasteiger partial charge in [-0.3, -0.25) is 4.79 Å². The van der Waals surface area contributed by atoms with Crippen molar-refractivity contribution in [3.63, 3.8) is 0 Å². The maximum Gasteiger partial charge on any atom is 3.00 e. The zero-order valence-corrected chi connectivity index (χ0v) is 48.1. The molecule has 0 N–H and O–H groups in total. The molecule has 0 bridgehead atoms. The molecular weight excluding hydrogens is 972 g/mol. The molecule has 418 valence electrons. The molecule has 0 aromatic heterocycles. The number of unbranched alkanes of at least 4 members (excludes halogenated alkanes) is 14. The molecule has 0 aliphatic carbocycles. The van der Waals surface area contributed by atoms with E-state index in [1.54, 1.807) is 41.5 Å². The summed E-state index contributed by atoms with van der Waals surface area (Å²) in [5.41, 5.74) is 0. The van der Waals surface area contributed by atoms with Crippen LogP contribution in [0.2, 0.25) is 0 Å². The van der Waals surface area contributed by atoms with Crippen LogP contribution in [0.15, 0.2) is 83.9 Å². The van der Waals surface area contributed by atoms with E-state index in [2.05, 4.69) is 6.92 Å². The second-order valence-corrected chi connectivity index (χ2v) is 19.0. The predicted molar refractivity (Wildman–Crippen MR) is 277 cm³/mol. The van der Waals surface area contributed by atoms with Gasteiger partial charge in [-0.05, 0) is 102 Å². The summed E-state index contributed by atoms with van der Waals surface area (Å²) in [7, 11) is 0. The fraction of sp³-hybridized carbons (Fsp3) is 0.679. The first-order valence-corrected chi connectivity index (χ1v) is 26.1. The Labute approximate surface area is 453 Å². The van der Waals surface area contributed by atoms with Crippen LogP contribution >= 0.6 is 0 Å². The van der Waals surface area contributed by atoms with E-state index < -0.39 is 36.2 Å². The first kappa shape index (κ1) is 70.9. The second-order valence-electron chi connectivity index (χ2n) is 19.0. The van der Waals surface area contributed by atoms with Gasteiger partial charge in [0, 0.05) is 25.2 Å². The summed E-state index contributed by atoms with van der Waals surface area (Å²) in [6.45, 7) is 25.5. The van der Waals surface area contributed by atoms with E-state index in [1.807, 2.05) is 47.6 Å². The van der Waals surface area contributed by atoms with Gasteiger partial charge < -0.3 is 77.1 Å². The summed E-state index contributed by atoms with van der Waals surface area (Å²) in [5.74, 6) is -2.74. The standard InChI is InChI=1S/C20H38O2.3C12H18O5.Al/c1-3-4-5-6-7-8-9-10-11-12-13-14-15-16-17-18-19-22-20(2)21;3*1-7(2)16-9-5-6-15-11(12(13)14)10(9)17-8(3)4;/h18-19H,3-17H2,1-2H3;3*5-8,11H,1-4H3,(H,13,14);/q;;;;+3/p-3. The molecule has 0 saturated heterocycles. The van der Waals surface area contributed by atoms with Gasteiger partial charge in [0.2, 0.25) is 0 Å². The summed E-state index contributed by atoms with van der Waals surface area (Å²) in [6.07, 6.45) is 27.8. The van der Waals surface area contributed by atoms with E-state index in [1.165, 1.54) is 140 Å². The fourth-order valence-corrected chi connectivity index (χ4v) is 6.69. The third-order valence-corrected chi connectivity index (χ3v) is 9.62. The van der Waals surface area contributed by atoms with Crippen LogP contribution in [0.4, 0.5) is 0 Å². The molecule has 0 radical (unpaired) electrons. The topological polar surface area (TPSA) is 230 Å². The Morgan fingerprint density at radius 3 is 0.946 bits per heavy atom. The minimum atomic E-state index is -1.35. The number of esters is 1. The molecule has 0 spiro atoms. The number of carbonyl (C=O) groups is 4. The molecular formula is C56H89AlO17. The molecule has 17 nitrogen and oxygen atoms in total. The van der Waals surface area contributed by atoms with E-state index in [0.29, 0.717) is 17.3 Å². The third-order valence-electron chi connectivity index (χ3n) is 9.62. The van der Waals surface area contributed by atoms with Crippen LogP contribution in [0.5, 0.6) is 0 Å². The fourth-order valence-electron chi connectivity index (χ4n) is 6.69. The monoisotopic (exact) mass is 1060 g/mol.